The van der Waals surface area contributed by atoms with E-state index in [0.717, 1.165) is 22.4 Å². The van der Waals surface area contributed by atoms with Gasteiger partial charge >= 0.3 is 6.09 Å². The van der Waals surface area contributed by atoms with Crippen molar-refractivity contribution in [3.8, 4) is 0 Å². The lowest BCUT2D eigenvalue weighted by atomic mass is 9.84. The summed E-state index contributed by atoms with van der Waals surface area (Å²) in [6, 6.07) is 34.8. The van der Waals surface area contributed by atoms with E-state index < -0.39 is 24.1 Å². The number of methoxy groups -OCH3 is 1. The number of carbonyl (C=O) groups is 3. The molecular formula is C36H39N5O5. The van der Waals surface area contributed by atoms with Crippen LogP contribution in [-0.2, 0) is 25.5 Å². The molecule has 238 valence electrons. The topological polar surface area (TPSA) is 130 Å². The minimum absolute atomic E-state index is 0.107. The summed E-state index contributed by atoms with van der Waals surface area (Å²) in [7, 11) is 1.28. The second kappa shape index (κ2) is 16.2. The lowest BCUT2D eigenvalue weighted by Gasteiger charge is -2.30. The molecule has 3 atom stereocenters. The Hall–Kier alpha value is -5.19. The molecule has 1 saturated heterocycles. The van der Waals surface area contributed by atoms with Crippen molar-refractivity contribution in [3.05, 3.63) is 132 Å². The number of rotatable bonds is 12. The van der Waals surface area contributed by atoms with Crippen LogP contribution in [0.2, 0.25) is 0 Å². The summed E-state index contributed by atoms with van der Waals surface area (Å²) in [6.45, 7) is 0.755. The molecule has 0 aromatic heterocycles. The van der Waals surface area contributed by atoms with Crippen LogP contribution in [0, 0.1) is 0 Å². The van der Waals surface area contributed by atoms with Crippen LogP contribution < -0.4 is 26.8 Å². The highest BCUT2D eigenvalue weighted by Gasteiger charge is 2.33. The molecule has 0 saturated carbocycles. The minimum atomic E-state index is -0.962. The Morgan fingerprint density at radius 3 is 2.07 bits per heavy atom. The first kappa shape index (κ1) is 32.2. The van der Waals surface area contributed by atoms with Crippen LogP contribution in [0.15, 0.2) is 115 Å². The van der Waals surface area contributed by atoms with E-state index in [2.05, 4.69) is 26.8 Å². The number of alkyl carbamates (subject to hydrolysis) is 1. The number of anilines is 2. The average Bonchev–Trinajstić information content (AvgIpc) is 3.11. The molecule has 46 heavy (non-hydrogen) atoms. The number of carbonyl (C=O) groups excluding carboxylic acids is 3. The van der Waals surface area contributed by atoms with Gasteiger partial charge in [-0.3, -0.25) is 20.4 Å². The van der Waals surface area contributed by atoms with Crippen LogP contribution in [-0.4, -0.2) is 56.4 Å². The average molecular weight is 622 g/mol. The quantitative estimate of drug-likeness (QED) is 0.146. The van der Waals surface area contributed by atoms with Gasteiger partial charge in [-0.25, -0.2) is 4.79 Å². The van der Waals surface area contributed by atoms with Crippen molar-refractivity contribution in [3.63, 3.8) is 0 Å². The van der Waals surface area contributed by atoms with Gasteiger partial charge in [-0.1, -0.05) is 97.1 Å². The Morgan fingerprint density at radius 1 is 0.848 bits per heavy atom. The predicted molar refractivity (Wildman–Crippen MR) is 177 cm³/mol. The maximum Gasteiger partial charge on any atom is 0.407 e. The number of nitrogens with one attached hydrogen (secondary N) is 5. The number of benzene rings is 4. The first-order valence-corrected chi connectivity index (χ1v) is 15.3. The van der Waals surface area contributed by atoms with Gasteiger partial charge in [0.05, 0.1) is 25.5 Å². The molecule has 1 heterocycles. The van der Waals surface area contributed by atoms with E-state index in [-0.39, 0.29) is 24.5 Å². The minimum Gasteiger partial charge on any atom is -0.453 e. The molecule has 10 heteroatoms. The van der Waals surface area contributed by atoms with E-state index in [1.54, 1.807) is 0 Å². The molecule has 0 aliphatic carbocycles. The Kier molecular flexibility index (Phi) is 11.4. The van der Waals surface area contributed by atoms with Crippen LogP contribution in [0.5, 0.6) is 0 Å². The lowest BCUT2D eigenvalue weighted by molar-refractivity contribution is -0.127. The molecule has 4 aromatic rings. The van der Waals surface area contributed by atoms with Crippen LogP contribution >= 0.6 is 0 Å². The molecule has 1 fully saturated rings. The first-order valence-electron chi connectivity index (χ1n) is 15.3. The zero-order valence-electron chi connectivity index (χ0n) is 25.6. The summed E-state index contributed by atoms with van der Waals surface area (Å²) in [6.07, 6.45) is 0.501. The van der Waals surface area contributed by atoms with Gasteiger partial charge in [0.2, 0.25) is 5.91 Å². The van der Waals surface area contributed by atoms with E-state index in [4.69, 9.17) is 9.47 Å². The fourth-order valence-corrected chi connectivity index (χ4v) is 5.49. The van der Waals surface area contributed by atoms with E-state index >= 15 is 0 Å². The van der Waals surface area contributed by atoms with Gasteiger partial charge in [-0.2, -0.15) is 0 Å². The van der Waals surface area contributed by atoms with Gasteiger partial charge in [0.15, 0.2) is 0 Å². The highest BCUT2D eigenvalue weighted by atomic mass is 16.5. The summed E-state index contributed by atoms with van der Waals surface area (Å²) in [5, 5.41) is 9.12. The number of hydrazine groups is 1. The van der Waals surface area contributed by atoms with Crippen molar-refractivity contribution < 1.29 is 23.9 Å². The maximum atomic E-state index is 14.0. The van der Waals surface area contributed by atoms with Crippen LogP contribution in [0.25, 0.3) is 0 Å². The van der Waals surface area contributed by atoms with Gasteiger partial charge in [0, 0.05) is 18.2 Å². The van der Waals surface area contributed by atoms with Gasteiger partial charge in [-0.05, 0) is 47.7 Å². The zero-order chi connectivity index (χ0) is 32.1. The van der Waals surface area contributed by atoms with E-state index in [1.165, 1.54) is 7.11 Å². The number of aryl methyl sites for hydroxylation is 1. The van der Waals surface area contributed by atoms with Crippen molar-refractivity contribution in [2.24, 2.45) is 0 Å². The van der Waals surface area contributed by atoms with Crippen molar-refractivity contribution in [1.82, 2.24) is 16.1 Å². The number of para-hydroxylation sites is 2. The van der Waals surface area contributed by atoms with Crippen molar-refractivity contribution >= 4 is 29.3 Å². The summed E-state index contributed by atoms with van der Waals surface area (Å²) < 4.78 is 10.9. The molecule has 3 amide bonds. The van der Waals surface area contributed by atoms with Crippen LogP contribution in [0.3, 0.4) is 0 Å². The molecule has 1 aliphatic heterocycles. The fraction of sp³-hybridized carbons (Fsp3) is 0.250. The molecule has 0 spiro atoms. The van der Waals surface area contributed by atoms with E-state index in [0.29, 0.717) is 25.1 Å². The smallest absolute Gasteiger partial charge is 0.407 e. The van der Waals surface area contributed by atoms with Gasteiger partial charge in [0.25, 0.3) is 5.91 Å². The van der Waals surface area contributed by atoms with Crippen molar-refractivity contribution in [2.45, 2.75) is 36.9 Å². The molecule has 4 aromatic carbocycles. The molecule has 5 rings (SSSR count). The monoisotopic (exact) mass is 621 g/mol. The summed E-state index contributed by atoms with van der Waals surface area (Å²) in [5.74, 6) is -1.04. The Morgan fingerprint density at radius 2 is 1.46 bits per heavy atom. The third-order valence-electron chi connectivity index (χ3n) is 7.91. The van der Waals surface area contributed by atoms with E-state index in [1.807, 2.05) is 115 Å². The molecule has 10 nitrogen and oxygen atoms in total. The molecule has 0 unspecified atom stereocenters. The Bertz CT molecular complexity index is 1520. The summed E-state index contributed by atoms with van der Waals surface area (Å²) in [5.41, 5.74) is 9.75. The third kappa shape index (κ3) is 8.71. The molecule has 1 aliphatic rings. The molecule has 5 N–H and O–H groups in total. The fourth-order valence-electron chi connectivity index (χ4n) is 5.49. The largest absolute Gasteiger partial charge is 0.453 e. The first-order chi connectivity index (χ1) is 22.5. The number of ether oxygens (including phenoxy) is 2. The van der Waals surface area contributed by atoms with E-state index in [9.17, 15) is 14.4 Å². The second-order valence-electron chi connectivity index (χ2n) is 11.0. The van der Waals surface area contributed by atoms with Crippen LogP contribution in [0.4, 0.5) is 16.2 Å². The number of morpholine rings is 1. The highest BCUT2D eigenvalue weighted by Crippen LogP contribution is 2.30. The summed E-state index contributed by atoms with van der Waals surface area (Å²) in [4.78, 5) is 39.1. The molecule has 0 bridgehead atoms. The number of hydrogen-bond donors (Lipinski definition) is 5. The Labute approximate surface area is 268 Å². The maximum absolute atomic E-state index is 14.0. The second-order valence-corrected chi connectivity index (χ2v) is 11.0. The molecular weight excluding hydrogens is 582 g/mol. The van der Waals surface area contributed by atoms with Gasteiger partial charge in [0.1, 0.15) is 12.1 Å². The number of amides is 3. The normalized spacial score (nSPS) is 16.6. The standard InChI is InChI=1S/C36H39N5O5/c1-45-36(44)39-33(32(26-14-5-2-6-15-26)27-16-7-3-8-17-27)35(43)38-30-20-12-11-13-25(30)21-22-29-23-37-31(24-46-29)34(42)41-40-28-18-9-4-10-19-28/h2-20,29,31-33,37,40H,21-24H2,1H3,(H,38,43)(H,39,44)(H,41,42)/t29-,31+,33+/m1/s1. The van der Waals surface area contributed by atoms with Crippen LogP contribution in [0.1, 0.15) is 29.0 Å². The zero-order valence-corrected chi connectivity index (χ0v) is 25.6. The van der Waals surface area contributed by atoms with Gasteiger partial charge < -0.3 is 25.4 Å². The Balaban J connectivity index is 1.22. The SMILES string of the molecule is COC(=O)N[C@H](C(=O)Nc1ccccc1CC[C@@H]1CN[C@H](C(=O)NNc2ccccc2)CO1)C(c1ccccc1)c1ccccc1. The lowest BCUT2D eigenvalue weighted by Crippen LogP contribution is -2.55. The third-order valence-corrected chi connectivity index (χ3v) is 7.91. The predicted octanol–water partition coefficient (Wildman–Crippen LogP) is 4.61. The number of hydrogen-bond acceptors (Lipinski definition) is 7. The van der Waals surface area contributed by atoms with Crippen molar-refractivity contribution in [1.29, 1.82) is 0 Å². The van der Waals surface area contributed by atoms with Crippen molar-refractivity contribution in [2.75, 3.05) is 31.0 Å². The highest BCUT2D eigenvalue weighted by molar-refractivity contribution is 5.98. The summed E-state index contributed by atoms with van der Waals surface area (Å²) >= 11 is 0. The molecule has 0 radical (unpaired) electrons. The van der Waals surface area contributed by atoms with Gasteiger partial charge in [-0.15, -0.1) is 0 Å².